The number of benzene rings is 1. The Morgan fingerprint density at radius 2 is 2.15 bits per heavy atom. The molecule has 1 aromatic carbocycles. The lowest BCUT2D eigenvalue weighted by Crippen LogP contribution is -2.34. The molecule has 0 aromatic heterocycles. The van der Waals surface area contributed by atoms with Crippen LogP contribution in [0.4, 0.5) is 0 Å². The van der Waals surface area contributed by atoms with E-state index in [-0.39, 0.29) is 30.3 Å². The van der Waals surface area contributed by atoms with Crippen LogP contribution in [0.3, 0.4) is 0 Å². The third kappa shape index (κ3) is 4.12. The summed E-state index contributed by atoms with van der Waals surface area (Å²) in [5.41, 5.74) is 1.13. The minimum Gasteiger partial charge on any atom is -0.497 e. The van der Waals surface area contributed by atoms with Crippen LogP contribution >= 0.6 is 12.4 Å². The number of hydrogen-bond acceptors (Lipinski definition) is 3. The van der Waals surface area contributed by atoms with Crippen molar-refractivity contribution in [2.75, 3.05) is 20.2 Å². The van der Waals surface area contributed by atoms with Gasteiger partial charge in [-0.05, 0) is 37.1 Å². The molecule has 1 aliphatic heterocycles. The first-order chi connectivity index (χ1) is 9.24. The second-order valence-electron chi connectivity index (χ2n) is 4.93. The van der Waals surface area contributed by atoms with Gasteiger partial charge in [-0.25, -0.2) is 0 Å². The molecule has 1 aliphatic rings. The van der Waals surface area contributed by atoms with Crippen molar-refractivity contribution in [1.29, 1.82) is 0 Å². The molecule has 0 saturated carbocycles. The van der Waals surface area contributed by atoms with E-state index in [9.17, 15) is 4.79 Å². The predicted molar refractivity (Wildman–Crippen MR) is 82.4 cm³/mol. The molecule has 1 heterocycles. The maximum absolute atomic E-state index is 12.1. The quantitative estimate of drug-likeness (QED) is 0.877. The van der Waals surface area contributed by atoms with Crippen LogP contribution in [-0.2, 0) is 4.79 Å². The molecule has 0 spiro atoms. The molecule has 112 valence electrons. The largest absolute Gasteiger partial charge is 0.497 e. The topological polar surface area (TPSA) is 50.4 Å². The number of halogens is 1. The molecule has 1 fully saturated rings. The van der Waals surface area contributed by atoms with Crippen molar-refractivity contribution in [2.45, 2.75) is 25.8 Å². The summed E-state index contributed by atoms with van der Waals surface area (Å²) in [7, 11) is 1.65. The highest BCUT2D eigenvalue weighted by molar-refractivity contribution is 5.85. The molecule has 4 nitrogen and oxygen atoms in total. The zero-order valence-electron chi connectivity index (χ0n) is 12.0. The lowest BCUT2D eigenvalue weighted by molar-refractivity contribution is -0.125. The monoisotopic (exact) mass is 298 g/mol. The highest BCUT2D eigenvalue weighted by Gasteiger charge is 2.24. The molecule has 2 N–H and O–H groups in total. The average Bonchev–Trinajstić information content (AvgIpc) is 2.99. The van der Waals surface area contributed by atoms with Crippen LogP contribution < -0.4 is 15.4 Å². The van der Waals surface area contributed by atoms with E-state index in [1.54, 1.807) is 7.11 Å². The number of ether oxygens (including phenoxy) is 1. The van der Waals surface area contributed by atoms with Gasteiger partial charge in [-0.3, -0.25) is 4.79 Å². The van der Waals surface area contributed by atoms with Crippen molar-refractivity contribution >= 4 is 18.3 Å². The molecule has 2 atom stereocenters. The Kier molecular flexibility index (Phi) is 6.82. The van der Waals surface area contributed by atoms with Gasteiger partial charge in [0.05, 0.1) is 19.1 Å². The highest BCUT2D eigenvalue weighted by Crippen LogP contribution is 2.21. The fourth-order valence-electron chi connectivity index (χ4n) is 2.43. The zero-order chi connectivity index (χ0) is 13.7. The zero-order valence-corrected chi connectivity index (χ0v) is 12.8. The Labute approximate surface area is 126 Å². The summed E-state index contributed by atoms with van der Waals surface area (Å²) < 4.78 is 5.15. The van der Waals surface area contributed by atoms with Crippen LogP contribution in [0.25, 0.3) is 0 Å². The molecule has 2 unspecified atom stereocenters. The molecule has 0 radical (unpaired) electrons. The number of methoxy groups -OCH3 is 1. The normalized spacial score (nSPS) is 19.0. The van der Waals surface area contributed by atoms with E-state index >= 15 is 0 Å². The standard InChI is InChI=1S/C15H22N2O2.ClH/c1-3-14(11-4-6-13(19-2)7-5-11)17-15(18)12-8-9-16-10-12;/h4-7,12,14,16H,3,8-10H2,1-2H3,(H,17,18);1H. The molecule has 2 rings (SSSR count). The number of nitrogens with one attached hydrogen (secondary N) is 2. The Morgan fingerprint density at radius 1 is 1.45 bits per heavy atom. The van der Waals surface area contributed by atoms with E-state index in [2.05, 4.69) is 17.6 Å². The van der Waals surface area contributed by atoms with Crippen molar-refractivity contribution < 1.29 is 9.53 Å². The minimum atomic E-state index is 0. The van der Waals surface area contributed by atoms with E-state index in [0.29, 0.717) is 0 Å². The molecule has 1 saturated heterocycles. The van der Waals surface area contributed by atoms with Gasteiger partial charge in [-0.1, -0.05) is 19.1 Å². The summed E-state index contributed by atoms with van der Waals surface area (Å²) >= 11 is 0. The van der Waals surface area contributed by atoms with Crippen molar-refractivity contribution in [2.24, 2.45) is 5.92 Å². The molecule has 0 bridgehead atoms. The molecule has 1 aromatic rings. The fourth-order valence-corrected chi connectivity index (χ4v) is 2.43. The Hall–Kier alpha value is -1.26. The van der Waals surface area contributed by atoms with Crippen molar-refractivity contribution in [3.05, 3.63) is 29.8 Å². The van der Waals surface area contributed by atoms with Crippen LogP contribution in [-0.4, -0.2) is 26.1 Å². The summed E-state index contributed by atoms with van der Waals surface area (Å²) in [5, 5.41) is 6.36. The highest BCUT2D eigenvalue weighted by atomic mass is 35.5. The Balaban J connectivity index is 0.00000200. The molecule has 1 amide bonds. The Morgan fingerprint density at radius 3 is 2.65 bits per heavy atom. The molecule has 0 aliphatic carbocycles. The van der Waals surface area contributed by atoms with E-state index in [4.69, 9.17) is 4.74 Å². The van der Waals surface area contributed by atoms with Gasteiger partial charge in [0, 0.05) is 6.54 Å². The lowest BCUT2D eigenvalue weighted by atomic mass is 10.0. The van der Waals surface area contributed by atoms with Crippen molar-refractivity contribution in [3.63, 3.8) is 0 Å². The summed E-state index contributed by atoms with van der Waals surface area (Å²) in [5.74, 6) is 1.12. The third-order valence-corrected chi connectivity index (χ3v) is 3.67. The average molecular weight is 299 g/mol. The number of amides is 1. The number of carbonyl (C=O) groups excluding carboxylic acids is 1. The second kappa shape index (κ2) is 8.12. The summed E-state index contributed by atoms with van der Waals surface area (Å²) in [4.78, 5) is 12.1. The number of rotatable bonds is 5. The lowest BCUT2D eigenvalue weighted by Gasteiger charge is -2.20. The molecular formula is C15H23ClN2O2. The van der Waals surface area contributed by atoms with Crippen molar-refractivity contribution in [1.82, 2.24) is 10.6 Å². The van der Waals surface area contributed by atoms with Crippen molar-refractivity contribution in [3.8, 4) is 5.75 Å². The van der Waals surface area contributed by atoms with E-state index in [1.165, 1.54) is 0 Å². The van der Waals surface area contributed by atoms with Gasteiger partial charge in [-0.2, -0.15) is 0 Å². The van der Waals surface area contributed by atoms with Crippen LogP contribution in [0.15, 0.2) is 24.3 Å². The van der Waals surface area contributed by atoms with Gasteiger partial charge >= 0.3 is 0 Å². The maximum Gasteiger partial charge on any atom is 0.224 e. The number of hydrogen-bond donors (Lipinski definition) is 2. The van der Waals surface area contributed by atoms with Gasteiger partial charge in [0.1, 0.15) is 5.75 Å². The fraction of sp³-hybridized carbons (Fsp3) is 0.533. The summed E-state index contributed by atoms with van der Waals surface area (Å²) in [6, 6.07) is 7.97. The molecule has 20 heavy (non-hydrogen) atoms. The van der Waals surface area contributed by atoms with Crippen LogP contribution in [0.5, 0.6) is 5.75 Å². The first-order valence-corrected chi connectivity index (χ1v) is 6.89. The SMILES string of the molecule is CCC(NC(=O)C1CCNC1)c1ccc(OC)cc1.Cl. The smallest absolute Gasteiger partial charge is 0.224 e. The predicted octanol–water partition coefficient (Wildman–Crippen LogP) is 2.29. The second-order valence-corrected chi connectivity index (χ2v) is 4.93. The van der Waals surface area contributed by atoms with Crippen LogP contribution in [0.2, 0.25) is 0 Å². The Bertz CT molecular complexity index is 416. The van der Waals surface area contributed by atoms with Gasteiger partial charge < -0.3 is 15.4 Å². The minimum absolute atomic E-state index is 0. The van der Waals surface area contributed by atoms with Crippen LogP contribution in [0, 0.1) is 5.92 Å². The summed E-state index contributed by atoms with van der Waals surface area (Å²) in [6.45, 7) is 3.82. The first kappa shape index (κ1) is 16.8. The molecular weight excluding hydrogens is 276 g/mol. The van der Waals surface area contributed by atoms with Gasteiger partial charge in [-0.15, -0.1) is 12.4 Å². The van der Waals surface area contributed by atoms with E-state index in [1.807, 2.05) is 24.3 Å². The van der Waals surface area contributed by atoms with E-state index in [0.717, 1.165) is 37.2 Å². The maximum atomic E-state index is 12.1. The van der Waals surface area contributed by atoms with Crippen LogP contribution in [0.1, 0.15) is 31.4 Å². The molecule has 5 heteroatoms. The number of carbonyl (C=O) groups is 1. The van der Waals surface area contributed by atoms with Gasteiger partial charge in [0.15, 0.2) is 0 Å². The van der Waals surface area contributed by atoms with E-state index < -0.39 is 0 Å². The third-order valence-electron chi connectivity index (χ3n) is 3.67. The summed E-state index contributed by atoms with van der Waals surface area (Å²) in [6.07, 6.45) is 1.82. The van der Waals surface area contributed by atoms with Gasteiger partial charge in [0.25, 0.3) is 0 Å². The first-order valence-electron chi connectivity index (χ1n) is 6.89. The van der Waals surface area contributed by atoms with Gasteiger partial charge in [0.2, 0.25) is 5.91 Å².